The molecule has 0 saturated heterocycles. The van der Waals surface area contributed by atoms with E-state index in [9.17, 15) is 10.0 Å². The van der Waals surface area contributed by atoms with E-state index in [1.165, 1.54) is 0 Å². The predicted molar refractivity (Wildman–Crippen MR) is 72.3 cm³/mol. The van der Waals surface area contributed by atoms with Gasteiger partial charge >= 0.3 is 5.97 Å². The molecule has 1 rings (SSSR count). The summed E-state index contributed by atoms with van der Waals surface area (Å²) in [6.45, 7) is 4.30. The molecule has 0 heterocycles. The number of hydrogen-bond donors (Lipinski definition) is 1. The zero-order valence-electron chi connectivity index (χ0n) is 11.3. The van der Waals surface area contributed by atoms with E-state index < -0.39 is 5.97 Å². The molecule has 102 valence electrons. The average molecular weight is 261 g/mol. The van der Waals surface area contributed by atoms with Crippen molar-refractivity contribution >= 4 is 5.97 Å². The van der Waals surface area contributed by atoms with Gasteiger partial charge in [-0.15, -0.1) is 0 Å². The zero-order valence-corrected chi connectivity index (χ0v) is 11.3. The fraction of sp³-hybridized carbons (Fsp3) is 0.400. The molecule has 19 heavy (non-hydrogen) atoms. The van der Waals surface area contributed by atoms with Gasteiger partial charge in [0, 0.05) is 5.92 Å². The van der Waals surface area contributed by atoms with Gasteiger partial charge in [0.2, 0.25) is 0 Å². The molecule has 0 amide bonds. The van der Waals surface area contributed by atoms with E-state index in [-0.39, 0.29) is 6.04 Å². The Morgan fingerprint density at radius 1 is 1.37 bits per heavy atom. The topological polar surface area (TPSA) is 49.8 Å². The Bertz CT molecular complexity index is 447. The summed E-state index contributed by atoms with van der Waals surface area (Å²) in [5, 5.41) is 11.1. The molecule has 1 atom stereocenters. The lowest BCUT2D eigenvalue weighted by molar-refractivity contribution is -0.136. The lowest BCUT2D eigenvalue weighted by Crippen LogP contribution is -2.30. The van der Waals surface area contributed by atoms with E-state index in [2.05, 4.69) is 11.8 Å². The fourth-order valence-electron chi connectivity index (χ4n) is 1.58. The van der Waals surface area contributed by atoms with Crippen molar-refractivity contribution in [3.8, 4) is 11.8 Å². The summed E-state index contributed by atoms with van der Waals surface area (Å²) in [5.41, 5.74) is 0.987. The SMILES string of the molecule is CCOC(=O)C#CC(CC)N(O)Cc1ccccc1. The number of ether oxygens (including phenoxy) is 1. The zero-order chi connectivity index (χ0) is 14.1. The summed E-state index contributed by atoms with van der Waals surface area (Å²) in [5.74, 6) is 4.55. The molecule has 0 saturated carbocycles. The van der Waals surface area contributed by atoms with Crippen LogP contribution in [-0.4, -0.2) is 28.9 Å². The van der Waals surface area contributed by atoms with Gasteiger partial charge in [0.15, 0.2) is 0 Å². The molecule has 0 radical (unpaired) electrons. The first-order valence-corrected chi connectivity index (χ1v) is 6.35. The minimum atomic E-state index is -0.561. The molecule has 4 nitrogen and oxygen atoms in total. The molecular weight excluding hydrogens is 242 g/mol. The first-order valence-electron chi connectivity index (χ1n) is 6.35. The number of esters is 1. The Morgan fingerprint density at radius 3 is 2.63 bits per heavy atom. The quantitative estimate of drug-likeness (QED) is 0.382. The molecule has 1 aromatic carbocycles. The van der Waals surface area contributed by atoms with Crippen LogP contribution in [0.4, 0.5) is 0 Å². The second kappa shape index (κ2) is 8.30. The lowest BCUT2D eigenvalue weighted by atomic mass is 10.2. The third-order valence-corrected chi connectivity index (χ3v) is 2.55. The second-order valence-corrected chi connectivity index (χ2v) is 4.00. The maximum absolute atomic E-state index is 11.1. The van der Waals surface area contributed by atoms with E-state index in [1.807, 2.05) is 37.3 Å². The van der Waals surface area contributed by atoms with Crippen LogP contribution < -0.4 is 0 Å². The number of nitrogens with zero attached hydrogens (tertiary/aromatic N) is 1. The van der Waals surface area contributed by atoms with Crippen LogP contribution in [0.3, 0.4) is 0 Å². The number of hydrogen-bond acceptors (Lipinski definition) is 4. The van der Waals surface area contributed by atoms with Gasteiger partial charge in [0.05, 0.1) is 19.2 Å². The molecule has 1 N–H and O–H groups in total. The molecule has 0 bridgehead atoms. The van der Waals surface area contributed by atoms with E-state index in [4.69, 9.17) is 4.74 Å². The van der Waals surface area contributed by atoms with Crippen molar-refractivity contribution in [3.05, 3.63) is 35.9 Å². The lowest BCUT2D eigenvalue weighted by Gasteiger charge is -2.20. The Kier molecular flexibility index (Phi) is 6.65. The van der Waals surface area contributed by atoms with Crippen LogP contribution in [0, 0.1) is 11.8 Å². The van der Waals surface area contributed by atoms with Crippen molar-refractivity contribution in [1.29, 1.82) is 0 Å². The number of rotatable bonds is 5. The second-order valence-electron chi connectivity index (χ2n) is 4.00. The summed E-state index contributed by atoms with van der Waals surface area (Å²) in [6.07, 6.45) is 0.621. The van der Waals surface area contributed by atoms with Crippen molar-refractivity contribution in [2.24, 2.45) is 0 Å². The number of carbonyl (C=O) groups excluding carboxylic acids is 1. The van der Waals surface area contributed by atoms with Gasteiger partial charge in [-0.2, -0.15) is 5.06 Å². The standard InChI is InChI=1S/C15H19NO3/c1-3-14(10-11-15(17)19-4-2)16(18)12-13-8-6-5-7-9-13/h5-9,14,18H,3-4,12H2,1-2H3. The summed E-state index contributed by atoms with van der Waals surface area (Å²) < 4.78 is 4.72. The highest BCUT2D eigenvalue weighted by molar-refractivity contribution is 5.88. The third kappa shape index (κ3) is 5.56. The minimum absolute atomic E-state index is 0.303. The normalized spacial score (nSPS) is 11.6. The molecule has 1 unspecified atom stereocenters. The Labute approximate surface area is 113 Å². The van der Waals surface area contributed by atoms with Crippen LogP contribution in [0.15, 0.2) is 30.3 Å². The first kappa shape index (κ1) is 15.2. The maximum Gasteiger partial charge on any atom is 0.384 e. The Balaban J connectivity index is 2.61. The highest BCUT2D eigenvalue weighted by atomic mass is 16.5. The molecule has 0 aliphatic heterocycles. The van der Waals surface area contributed by atoms with Crippen molar-refractivity contribution in [2.75, 3.05) is 6.61 Å². The van der Waals surface area contributed by atoms with Gasteiger partial charge in [-0.3, -0.25) is 0 Å². The molecule has 0 aliphatic carbocycles. The monoisotopic (exact) mass is 261 g/mol. The molecule has 0 aliphatic rings. The largest absolute Gasteiger partial charge is 0.456 e. The first-order chi connectivity index (χ1) is 9.17. The number of carbonyl (C=O) groups is 1. The molecule has 1 aromatic rings. The van der Waals surface area contributed by atoms with E-state index >= 15 is 0 Å². The van der Waals surface area contributed by atoms with Gasteiger partial charge in [-0.05, 0) is 18.9 Å². The van der Waals surface area contributed by atoms with E-state index in [0.29, 0.717) is 19.6 Å². The molecule has 0 fully saturated rings. The highest BCUT2D eigenvalue weighted by Gasteiger charge is 2.12. The molecule has 0 aromatic heterocycles. The highest BCUT2D eigenvalue weighted by Crippen LogP contribution is 2.07. The third-order valence-electron chi connectivity index (χ3n) is 2.55. The van der Waals surface area contributed by atoms with Crippen LogP contribution >= 0.6 is 0 Å². The van der Waals surface area contributed by atoms with Gasteiger partial charge in [0.1, 0.15) is 0 Å². The Morgan fingerprint density at radius 2 is 2.05 bits per heavy atom. The van der Waals surface area contributed by atoms with Crippen LogP contribution in [0.25, 0.3) is 0 Å². The molecule has 0 spiro atoms. The minimum Gasteiger partial charge on any atom is -0.456 e. The van der Waals surface area contributed by atoms with E-state index in [1.54, 1.807) is 6.92 Å². The summed E-state index contributed by atoms with van der Waals surface area (Å²) in [4.78, 5) is 11.1. The summed E-state index contributed by atoms with van der Waals surface area (Å²) >= 11 is 0. The molecule has 4 heteroatoms. The van der Waals surface area contributed by atoms with Crippen LogP contribution in [-0.2, 0) is 16.1 Å². The average Bonchev–Trinajstić information content (AvgIpc) is 2.41. The number of hydroxylamine groups is 2. The fourth-order valence-corrected chi connectivity index (χ4v) is 1.58. The van der Waals surface area contributed by atoms with Crippen LogP contribution in [0.1, 0.15) is 25.8 Å². The van der Waals surface area contributed by atoms with Crippen molar-refractivity contribution < 1.29 is 14.7 Å². The Hall–Kier alpha value is -1.83. The van der Waals surface area contributed by atoms with Crippen LogP contribution in [0.5, 0.6) is 0 Å². The van der Waals surface area contributed by atoms with Crippen molar-refractivity contribution in [1.82, 2.24) is 5.06 Å². The predicted octanol–water partition coefficient (Wildman–Crippen LogP) is 2.22. The summed E-state index contributed by atoms with van der Waals surface area (Å²) in [7, 11) is 0. The van der Waals surface area contributed by atoms with Gasteiger partial charge < -0.3 is 9.94 Å². The van der Waals surface area contributed by atoms with Gasteiger partial charge in [-0.1, -0.05) is 43.2 Å². The van der Waals surface area contributed by atoms with Gasteiger partial charge in [0.25, 0.3) is 0 Å². The van der Waals surface area contributed by atoms with Crippen molar-refractivity contribution in [2.45, 2.75) is 32.9 Å². The summed E-state index contributed by atoms with van der Waals surface area (Å²) in [6, 6.07) is 9.21. The maximum atomic E-state index is 11.1. The van der Waals surface area contributed by atoms with Gasteiger partial charge in [-0.25, -0.2) is 4.79 Å². The van der Waals surface area contributed by atoms with Crippen molar-refractivity contribution in [3.63, 3.8) is 0 Å². The van der Waals surface area contributed by atoms with Crippen LogP contribution in [0.2, 0.25) is 0 Å². The molecular formula is C15H19NO3. The smallest absolute Gasteiger partial charge is 0.384 e. The number of benzene rings is 1. The van der Waals surface area contributed by atoms with E-state index in [0.717, 1.165) is 10.6 Å².